The summed E-state index contributed by atoms with van der Waals surface area (Å²) in [6.07, 6.45) is 0. The van der Waals surface area contributed by atoms with Crippen molar-refractivity contribution in [2.75, 3.05) is 12.4 Å². The Kier molecular flexibility index (Phi) is 4.64. The number of benzene rings is 2. The smallest absolute Gasteiger partial charge is 0.231 e. The lowest BCUT2D eigenvalue weighted by molar-refractivity contribution is -0.117. The van der Waals surface area contributed by atoms with Crippen LogP contribution in [0.3, 0.4) is 0 Å². The van der Waals surface area contributed by atoms with Gasteiger partial charge in [0.15, 0.2) is 0 Å². The highest BCUT2D eigenvalue weighted by molar-refractivity contribution is 6.32. The summed E-state index contributed by atoms with van der Waals surface area (Å²) in [6, 6.07) is 14.8. The second-order valence-corrected chi connectivity index (χ2v) is 4.88. The fraction of sp³-hybridized carbons (Fsp3) is 0.188. The van der Waals surface area contributed by atoms with Gasteiger partial charge in [-0.1, -0.05) is 41.9 Å². The average Bonchev–Trinajstić information content (AvgIpc) is 2.47. The molecule has 3 nitrogen and oxygen atoms in total. The molecule has 0 saturated heterocycles. The van der Waals surface area contributed by atoms with Crippen LogP contribution >= 0.6 is 11.6 Å². The molecule has 0 fully saturated rings. The number of amides is 1. The van der Waals surface area contributed by atoms with Gasteiger partial charge in [0.25, 0.3) is 0 Å². The highest BCUT2D eigenvalue weighted by Gasteiger charge is 2.15. The fourth-order valence-electron chi connectivity index (χ4n) is 1.89. The quantitative estimate of drug-likeness (QED) is 0.920. The summed E-state index contributed by atoms with van der Waals surface area (Å²) in [4.78, 5) is 12.2. The van der Waals surface area contributed by atoms with Crippen molar-refractivity contribution < 1.29 is 9.53 Å². The Labute approximate surface area is 123 Å². The van der Waals surface area contributed by atoms with Gasteiger partial charge in [-0.25, -0.2) is 0 Å². The third kappa shape index (κ3) is 3.31. The maximum absolute atomic E-state index is 12.2. The molecule has 0 spiro atoms. The van der Waals surface area contributed by atoms with Crippen molar-refractivity contribution in [2.24, 2.45) is 0 Å². The molecule has 1 unspecified atom stereocenters. The number of carbonyl (C=O) groups is 1. The van der Waals surface area contributed by atoms with Crippen LogP contribution in [0.5, 0.6) is 5.75 Å². The molecule has 2 rings (SSSR count). The van der Waals surface area contributed by atoms with Crippen LogP contribution in [0.2, 0.25) is 5.02 Å². The molecule has 20 heavy (non-hydrogen) atoms. The van der Waals surface area contributed by atoms with Crippen molar-refractivity contribution in [3.8, 4) is 5.75 Å². The Morgan fingerprint density at radius 2 is 1.90 bits per heavy atom. The molecule has 2 aromatic rings. The lowest BCUT2D eigenvalue weighted by atomic mass is 10.0. The second-order valence-electron chi connectivity index (χ2n) is 4.47. The summed E-state index contributed by atoms with van der Waals surface area (Å²) in [5.74, 6) is 0.287. The summed E-state index contributed by atoms with van der Waals surface area (Å²) in [6.45, 7) is 1.87. The van der Waals surface area contributed by atoms with E-state index >= 15 is 0 Å². The first kappa shape index (κ1) is 14.4. The van der Waals surface area contributed by atoms with E-state index in [9.17, 15) is 4.79 Å². The molecule has 0 saturated carbocycles. The molecule has 2 aromatic carbocycles. The van der Waals surface area contributed by atoms with Gasteiger partial charge in [0, 0.05) is 5.69 Å². The van der Waals surface area contributed by atoms with Crippen LogP contribution in [0, 0.1) is 0 Å². The van der Waals surface area contributed by atoms with Crippen LogP contribution in [-0.4, -0.2) is 13.0 Å². The second kappa shape index (κ2) is 6.44. The molecular formula is C16H16ClNO2. The molecule has 0 aromatic heterocycles. The fourth-order valence-corrected chi connectivity index (χ4v) is 2.15. The van der Waals surface area contributed by atoms with Crippen LogP contribution in [0.1, 0.15) is 18.4 Å². The number of halogens is 1. The topological polar surface area (TPSA) is 38.3 Å². The number of carbonyl (C=O) groups excluding carboxylic acids is 1. The molecule has 0 bridgehead atoms. The van der Waals surface area contributed by atoms with Crippen LogP contribution in [0.25, 0.3) is 0 Å². The summed E-state index contributed by atoms with van der Waals surface area (Å²) in [5.41, 5.74) is 1.63. The van der Waals surface area contributed by atoms with E-state index < -0.39 is 0 Å². The van der Waals surface area contributed by atoms with Crippen molar-refractivity contribution in [3.05, 3.63) is 59.1 Å². The van der Waals surface area contributed by atoms with E-state index in [4.69, 9.17) is 16.3 Å². The highest BCUT2D eigenvalue weighted by atomic mass is 35.5. The van der Waals surface area contributed by atoms with Crippen molar-refractivity contribution >= 4 is 23.2 Å². The third-order valence-electron chi connectivity index (χ3n) is 3.11. The monoisotopic (exact) mass is 289 g/mol. The van der Waals surface area contributed by atoms with E-state index in [0.29, 0.717) is 16.5 Å². The minimum atomic E-state index is -0.225. The predicted molar refractivity (Wildman–Crippen MR) is 81.5 cm³/mol. The first-order chi connectivity index (χ1) is 9.61. The normalized spacial score (nSPS) is 11.8. The van der Waals surface area contributed by atoms with E-state index in [1.807, 2.05) is 37.3 Å². The van der Waals surface area contributed by atoms with Gasteiger partial charge in [-0.05, 0) is 30.7 Å². The molecule has 0 aliphatic carbocycles. The van der Waals surface area contributed by atoms with Crippen molar-refractivity contribution in [2.45, 2.75) is 12.8 Å². The van der Waals surface area contributed by atoms with Gasteiger partial charge < -0.3 is 10.1 Å². The standard InChI is InChI=1S/C16H16ClNO2/c1-11(12-6-4-3-5-7-12)16(19)18-13-8-9-15(20-2)14(17)10-13/h3-11H,1-2H3,(H,18,19). The Morgan fingerprint density at radius 3 is 2.50 bits per heavy atom. The molecule has 0 radical (unpaired) electrons. The van der Waals surface area contributed by atoms with Gasteiger partial charge in [-0.15, -0.1) is 0 Å². The predicted octanol–water partition coefficient (Wildman–Crippen LogP) is 4.09. The summed E-state index contributed by atoms with van der Waals surface area (Å²) >= 11 is 6.03. The first-order valence-corrected chi connectivity index (χ1v) is 6.69. The van der Waals surface area contributed by atoms with Crippen LogP contribution in [0.4, 0.5) is 5.69 Å². The number of hydrogen-bond acceptors (Lipinski definition) is 2. The zero-order chi connectivity index (χ0) is 14.5. The molecule has 1 atom stereocenters. The number of ether oxygens (including phenoxy) is 1. The van der Waals surface area contributed by atoms with E-state index in [-0.39, 0.29) is 11.8 Å². The Bertz CT molecular complexity index is 599. The maximum Gasteiger partial charge on any atom is 0.231 e. The number of anilines is 1. The first-order valence-electron chi connectivity index (χ1n) is 6.31. The van der Waals surface area contributed by atoms with Crippen LogP contribution in [0.15, 0.2) is 48.5 Å². The lowest BCUT2D eigenvalue weighted by Crippen LogP contribution is -2.18. The van der Waals surface area contributed by atoms with Gasteiger partial charge in [-0.3, -0.25) is 4.79 Å². The van der Waals surface area contributed by atoms with Gasteiger partial charge >= 0.3 is 0 Å². The molecule has 104 valence electrons. The average molecular weight is 290 g/mol. The van der Waals surface area contributed by atoms with E-state index in [2.05, 4.69) is 5.32 Å². The number of methoxy groups -OCH3 is 1. The summed E-state index contributed by atoms with van der Waals surface area (Å²) in [5, 5.41) is 3.32. The maximum atomic E-state index is 12.2. The van der Waals surface area contributed by atoms with Crippen molar-refractivity contribution in [3.63, 3.8) is 0 Å². The van der Waals surface area contributed by atoms with E-state index in [1.54, 1.807) is 25.3 Å². The Balaban J connectivity index is 2.10. The van der Waals surface area contributed by atoms with Crippen molar-refractivity contribution in [1.29, 1.82) is 0 Å². The van der Waals surface area contributed by atoms with Crippen LogP contribution in [-0.2, 0) is 4.79 Å². The minimum absolute atomic E-state index is 0.0718. The Morgan fingerprint density at radius 1 is 1.20 bits per heavy atom. The molecule has 1 N–H and O–H groups in total. The van der Waals surface area contributed by atoms with Gasteiger partial charge in [0.1, 0.15) is 5.75 Å². The Hall–Kier alpha value is -2.00. The molecule has 0 aliphatic rings. The molecule has 0 heterocycles. The van der Waals surface area contributed by atoms with Crippen LogP contribution < -0.4 is 10.1 Å². The number of nitrogens with one attached hydrogen (secondary N) is 1. The highest BCUT2D eigenvalue weighted by Crippen LogP contribution is 2.28. The zero-order valence-electron chi connectivity index (χ0n) is 11.4. The van der Waals surface area contributed by atoms with Crippen molar-refractivity contribution in [1.82, 2.24) is 0 Å². The SMILES string of the molecule is COc1ccc(NC(=O)C(C)c2ccccc2)cc1Cl. The molecular weight excluding hydrogens is 274 g/mol. The zero-order valence-corrected chi connectivity index (χ0v) is 12.1. The number of hydrogen-bond donors (Lipinski definition) is 1. The van der Waals surface area contributed by atoms with Gasteiger partial charge in [0.05, 0.1) is 18.1 Å². The van der Waals surface area contributed by atoms with Gasteiger partial charge in [-0.2, -0.15) is 0 Å². The number of rotatable bonds is 4. The molecule has 0 aliphatic heterocycles. The molecule has 1 amide bonds. The lowest BCUT2D eigenvalue weighted by Gasteiger charge is -2.13. The largest absolute Gasteiger partial charge is 0.495 e. The molecule has 4 heteroatoms. The minimum Gasteiger partial charge on any atom is -0.495 e. The van der Waals surface area contributed by atoms with Gasteiger partial charge in [0.2, 0.25) is 5.91 Å². The summed E-state index contributed by atoms with van der Waals surface area (Å²) < 4.78 is 5.08. The van der Waals surface area contributed by atoms with E-state index in [1.165, 1.54) is 0 Å². The third-order valence-corrected chi connectivity index (χ3v) is 3.41. The summed E-state index contributed by atoms with van der Waals surface area (Å²) in [7, 11) is 1.55. The van der Waals surface area contributed by atoms with E-state index in [0.717, 1.165) is 5.56 Å².